The van der Waals surface area contributed by atoms with Gasteiger partial charge in [0.2, 0.25) is 35.4 Å². The lowest BCUT2D eigenvalue weighted by atomic mass is 9.98. The van der Waals surface area contributed by atoms with E-state index in [-0.39, 0.29) is 25.0 Å². The van der Waals surface area contributed by atoms with Crippen molar-refractivity contribution in [3.05, 3.63) is 102 Å². The second-order valence-corrected chi connectivity index (χ2v) is 15.2. The molecule has 2 aromatic heterocycles. The van der Waals surface area contributed by atoms with E-state index in [2.05, 4.69) is 36.6 Å². The SMILES string of the molecule is CC(C)[C@H](NC(=O)[C@H](Cc1c[nH]c2ccccc12)NC(=O)[C@H](Cc1ccc(O)cc1)NC(=O)[C@@H](N)CC(=O)O)C(=O)N[C@H](Cc1c[nH]c2ccccc12)C(=O)N[C@@H](C)C(N)=O. The highest BCUT2D eigenvalue weighted by atomic mass is 16.4. The third-order valence-corrected chi connectivity index (χ3v) is 10.2. The van der Waals surface area contributed by atoms with Gasteiger partial charge in [-0.3, -0.25) is 33.6 Å². The lowest BCUT2D eigenvalue weighted by Crippen LogP contribution is -2.61. The molecule has 0 bridgehead atoms. The van der Waals surface area contributed by atoms with Crippen molar-refractivity contribution in [3.8, 4) is 5.75 Å². The summed E-state index contributed by atoms with van der Waals surface area (Å²) in [6.45, 7) is 4.78. The molecular weight excluding hydrogens is 787 g/mol. The molecule has 0 unspecified atom stereocenters. The maximum absolute atomic E-state index is 14.4. The van der Waals surface area contributed by atoms with Crippen molar-refractivity contribution in [2.45, 2.75) is 82.7 Å². The second kappa shape index (κ2) is 20.2. The standard InChI is InChI=1S/C43H51N9O9/c1-22(2)37(43(61)51-34(40(58)48-23(3)38(45)56)17-25-20-46-31-10-6-4-8-28(25)31)52-42(60)35(18-26-21-47-32-11-7-5-9-29(26)32)50-41(59)33(16-24-12-14-27(53)15-13-24)49-39(57)30(44)19-36(54)55/h4-15,20-23,30,33-35,37,46-47,53H,16-19,44H2,1-3H3,(H2,45,56)(H,48,58)(H,49,57)(H,50,59)(H,51,61)(H,52,60)(H,54,55)/t23-,30-,33-,34+,35-,37-/m0/s1. The van der Waals surface area contributed by atoms with Crippen LogP contribution in [0.4, 0.5) is 0 Å². The normalized spacial score (nSPS) is 14.2. The fraction of sp³-hybridized carbons (Fsp3) is 0.326. The van der Waals surface area contributed by atoms with Crippen molar-refractivity contribution < 1.29 is 43.8 Å². The number of nitrogens with one attached hydrogen (secondary N) is 7. The van der Waals surface area contributed by atoms with Gasteiger partial charge in [0.1, 0.15) is 36.0 Å². The van der Waals surface area contributed by atoms with Gasteiger partial charge < -0.3 is 58.2 Å². The summed E-state index contributed by atoms with van der Waals surface area (Å²) in [4.78, 5) is 98.9. The van der Waals surface area contributed by atoms with Gasteiger partial charge in [-0.05, 0) is 53.8 Å². The number of carbonyl (C=O) groups is 7. The molecule has 3 aromatic carbocycles. The number of hydrogen-bond donors (Lipinski definition) is 11. The lowest BCUT2D eigenvalue weighted by Gasteiger charge is -2.28. The number of para-hydroxylation sites is 2. The first-order valence-electron chi connectivity index (χ1n) is 19.7. The van der Waals surface area contributed by atoms with Crippen LogP contribution in [0, 0.1) is 5.92 Å². The minimum atomic E-state index is -1.50. The number of fused-ring (bicyclic) bond motifs is 2. The van der Waals surface area contributed by atoms with Crippen LogP contribution in [0.2, 0.25) is 0 Å². The maximum Gasteiger partial charge on any atom is 0.305 e. The predicted octanol–water partition coefficient (Wildman–Crippen LogP) is 0.770. The van der Waals surface area contributed by atoms with Crippen LogP contribution < -0.4 is 38.1 Å². The maximum atomic E-state index is 14.4. The number of rotatable bonds is 20. The van der Waals surface area contributed by atoms with Gasteiger partial charge in [0, 0.05) is 53.5 Å². The van der Waals surface area contributed by atoms with Gasteiger partial charge in [-0.1, -0.05) is 62.4 Å². The number of phenols is 1. The number of benzene rings is 3. The van der Waals surface area contributed by atoms with Crippen molar-refractivity contribution in [2.75, 3.05) is 0 Å². The number of aromatic nitrogens is 2. The van der Waals surface area contributed by atoms with E-state index in [1.807, 2.05) is 48.5 Å². The summed E-state index contributed by atoms with van der Waals surface area (Å²) in [6, 6.07) is 12.8. The van der Waals surface area contributed by atoms with Crippen LogP contribution >= 0.6 is 0 Å². The topological polar surface area (TPSA) is 304 Å². The van der Waals surface area contributed by atoms with Crippen LogP contribution in [-0.4, -0.2) is 97.8 Å². The lowest BCUT2D eigenvalue weighted by molar-refractivity contribution is -0.140. The first kappa shape index (κ1) is 44.9. The molecule has 6 atom stereocenters. The van der Waals surface area contributed by atoms with Crippen molar-refractivity contribution in [3.63, 3.8) is 0 Å². The number of H-pyrrole nitrogens is 2. The molecule has 5 rings (SSSR count). The molecule has 13 N–H and O–H groups in total. The summed E-state index contributed by atoms with van der Waals surface area (Å²) in [5, 5.41) is 33.9. The zero-order valence-corrected chi connectivity index (χ0v) is 33.9. The largest absolute Gasteiger partial charge is 0.508 e. The quantitative estimate of drug-likeness (QED) is 0.0523. The zero-order valence-electron chi connectivity index (χ0n) is 33.9. The average Bonchev–Trinajstić information content (AvgIpc) is 3.83. The third-order valence-electron chi connectivity index (χ3n) is 10.2. The number of nitrogens with two attached hydrogens (primary N) is 2. The minimum Gasteiger partial charge on any atom is -0.508 e. The smallest absolute Gasteiger partial charge is 0.305 e. The fourth-order valence-electron chi connectivity index (χ4n) is 6.80. The number of phenolic OH excluding ortho intramolecular Hbond substituents is 1. The molecule has 0 saturated carbocycles. The van der Waals surface area contributed by atoms with Gasteiger partial charge in [-0.2, -0.15) is 0 Å². The minimum absolute atomic E-state index is 0.00926. The molecule has 0 fully saturated rings. The molecule has 18 heteroatoms. The number of amides is 6. The highest BCUT2D eigenvalue weighted by molar-refractivity contribution is 5.98. The molecule has 2 heterocycles. The Hall–Kier alpha value is -7.21. The summed E-state index contributed by atoms with van der Waals surface area (Å²) >= 11 is 0. The Bertz CT molecular complexity index is 2390. The Kier molecular flexibility index (Phi) is 14.8. The van der Waals surface area contributed by atoms with Crippen molar-refractivity contribution in [1.82, 2.24) is 36.6 Å². The Morgan fingerprint density at radius 1 is 0.607 bits per heavy atom. The Balaban J connectivity index is 1.43. The van der Waals surface area contributed by atoms with E-state index in [1.54, 1.807) is 26.2 Å². The Morgan fingerprint density at radius 3 is 1.57 bits per heavy atom. The average molecular weight is 838 g/mol. The molecule has 18 nitrogen and oxygen atoms in total. The zero-order chi connectivity index (χ0) is 44.4. The van der Waals surface area contributed by atoms with Crippen molar-refractivity contribution in [2.24, 2.45) is 17.4 Å². The van der Waals surface area contributed by atoms with Gasteiger partial charge in [0.25, 0.3) is 0 Å². The molecular formula is C43H51N9O9. The first-order chi connectivity index (χ1) is 29.0. The molecule has 61 heavy (non-hydrogen) atoms. The third kappa shape index (κ3) is 11.9. The molecule has 0 aliphatic carbocycles. The number of carboxylic acid groups (broad SMARTS) is 1. The summed E-state index contributed by atoms with van der Waals surface area (Å²) in [7, 11) is 0. The van der Waals surface area contributed by atoms with E-state index in [9.17, 15) is 43.8 Å². The Morgan fingerprint density at radius 2 is 1.07 bits per heavy atom. The molecule has 0 aliphatic heterocycles. The van der Waals surface area contributed by atoms with E-state index in [1.165, 1.54) is 31.2 Å². The van der Waals surface area contributed by atoms with Crippen LogP contribution in [0.25, 0.3) is 21.8 Å². The summed E-state index contributed by atoms with van der Waals surface area (Å²) in [5.41, 5.74) is 14.7. The molecule has 0 saturated heterocycles. The van der Waals surface area contributed by atoms with Crippen LogP contribution in [0.5, 0.6) is 5.75 Å². The number of hydrogen-bond acceptors (Lipinski definition) is 9. The van der Waals surface area contributed by atoms with Gasteiger partial charge in [-0.15, -0.1) is 0 Å². The number of carboxylic acids is 1. The molecule has 6 amide bonds. The fourth-order valence-corrected chi connectivity index (χ4v) is 6.80. The summed E-state index contributed by atoms with van der Waals surface area (Å²) in [6.07, 6.45) is 2.48. The van der Waals surface area contributed by atoms with Crippen LogP contribution in [0.15, 0.2) is 85.2 Å². The van der Waals surface area contributed by atoms with Crippen molar-refractivity contribution in [1.29, 1.82) is 0 Å². The molecule has 0 spiro atoms. The summed E-state index contributed by atoms with van der Waals surface area (Å²) < 4.78 is 0. The number of aromatic amines is 2. The van der Waals surface area contributed by atoms with E-state index in [4.69, 9.17) is 11.5 Å². The number of primary amides is 1. The van der Waals surface area contributed by atoms with Gasteiger partial charge in [0.15, 0.2) is 0 Å². The molecule has 0 aliphatic rings. The van der Waals surface area contributed by atoms with Crippen LogP contribution in [-0.2, 0) is 52.8 Å². The van der Waals surface area contributed by atoms with E-state index in [0.29, 0.717) is 16.7 Å². The van der Waals surface area contributed by atoms with E-state index >= 15 is 0 Å². The molecule has 5 aromatic rings. The van der Waals surface area contributed by atoms with E-state index < -0.39 is 90.0 Å². The Labute approximate surface area is 350 Å². The molecule has 322 valence electrons. The monoisotopic (exact) mass is 837 g/mol. The van der Waals surface area contributed by atoms with E-state index in [0.717, 1.165) is 21.8 Å². The van der Waals surface area contributed by atoms with Gasteiger partial charge in [-0.25, -0.2) is 0 Å². The number of carbonyl (C=O) groups excluding carboxylic acids is 6. The highest BCUT2D eigenvalue weighted by Crippen LogP contribution is 2.21. The van der Waals surface area contributed by atoms with Crippen molar-refractivity contribution >= 4 is 63.2 Å². The van der Waals surface area contributed by atoms with Gasteiger partial charge >= 0.3 is 5.97 Å². The number of aromatic hydroxyl groups is 1. The number of aliphatic carboxylic acids is 1. The van der Waals surface area contributed by atoms with Crippen LogP contribution in [0.1, 0.15) is 43.9 Å². The predicted molar refractivity (Wildman–Crippen MR) is 225 cm³/mol. The highest BCUT2D eigenvalue weighted by Gasteiger charge is 2.34. The second-order valence-electron chi connectivity index (χ2n) is 15.2. The molecule has 0 radical (unpaired) electrons. The van der Waals surface area contributed by atoms with Gasteiger partial charge in [0.05, 0.1) is 12.5 Å². The summed E-state index contributed by atoms with van der Waals surface area (Å²) in [5.74, 6) is -6.63. The first-order valence-corrected chi connectivity index (χ1v) is 19.7. The van der Waals surface area contributed by atoms with Crippen LogP contribution in [0.3, 0.4) is 0 Å².